The smallest absolute Gasteiger partial charge is 0.299 e. The summed E-state index contributed by atoms with van der Waals surface area (Å²) < 4.78 is 11.9. The molecule has 0 saturated heterocycles. The Labute approximate surface area is 150 Å². The SMILES string of the molecule is CCc1nnc(C2Cc3ccccc3CN2c2nc3ccccc3o2)o1. The molecule has 0 amide bonds. The molecule has 2 aromatic heterocycles. The lowest BCUT2D eigenvalue weighted by molar-refractivity contribution is 0.383. The summed E-state index contributed by atoms with van der Waals surface area (Å²) in [4.78, 5) is 6.80. The summed E-state index contributed by atoms with van der Waals surface area (Å²) in [6, 6.07) is 16.7. The van der Waals surface area contributed by atoms with E-state index in [1.807, 2.05) is 31.2 Å². The number of hydrogen-bond acceptors (Lipinski definition) is 6. The summed E-state index contributed by atoms with van der Waals surface area (Å²) in [7, 11) is 0. The molecule has 6 nitrogen and oxygen atoms in total. The minimum absolute atomic E-state index is 0.0919. The van der Waals surface area contributed by atoms with E-state index in [9.17, 15) is 0 Å². The van der Waals surface area contributed by atoms with E-state index >= 15 is 0 Å². The van der Waals surface area contributed by atoms with Gasteiger partial charge >= 0.3 is 0 Å². The molecule has 1 aliphatic heterocycles. The van der Waals surface area contributed by atoms with Crippen LogP contribution in [0.4, 0.5) is 6.01 Å². The molecule has 4 aromatic rings. The standard InChI is InChI=1S/C20H18N4O2/c1-2-18-22-23-19(26-18)16-11-13-7-3-4-8-14(13)12-24(16)20-21-15-9-5-6-10-17(15)25-20/h3-10,16H,2,11-12H2,1H3. The Kier molecular flexibility index (Phi) is 3.48. The van der Waals surface area contributed by atoms with Crippen molar-refractivity contribution in [2.24, 2.45) is 0 Å². The van der Waals surface area contributed by atoms with E-state index in [0.717, 1.165) is 23.9 Å². The van der Waals surface area contributed by atoms with Gasteiger partial charge < -0.3 is 13.7 Å². The Hall–Kier alpha value is -3.15. The van der Waals surface area contributed by atoms with Crippen molar-refractivity contribution in [2.75, 3.05) is 4.90 Å². The maximum absolute atomic E-state index is 6.03. The van der Waals surface area contributed by atoms with Gasteiger partial charge in [-0.25, -0.2) is 0 Å². The molecule has 0 radical (unpaired) electrons. The lowest BCUT2D eigenvalue weighted by Crippen LogP contribution is -2.34. The monoisotopic (exact) mass is 346 g/mol. The van der Waals surface area contributed by atoms with Crippen molar-refractivity contribution in [2.45, 2.75) is 32.4 Å². The fourth-order valence-electron chi connectivity index (χ4n) is 3.47. The molecule has 1 aliphatic rings. The molecule has 6 heteroatoms. The highest BCUT2D eigenvalue weighted by molar-refractivity contribution is 5.74. The molecule has 3 heterocycles. The van der Waals surface area contributed by atoms with Crippen molar-refractivity contribution in [3.63, 3.8) is 0 Å². The Morgan fingerprint density at radius 2 is 1.81 bits per heavy atom. The summed E-state index contributed by atoms with van der Waals surface area (Å²) in [5.41, 5.74) is 4.18. The van der Waals surface area contributed by atoms with Gasteiger partial charge in [-0.15, -0.1) is 10.2 Å². The van der Waals surface area contributed by atoms with Crippen LogP contribution in [-0.2, 0) is 19.4 Å². The fraction of sp³-hybridized carbons (Fsp3) is 0.250. The number of fused-ring (bicyclic) bond motifs is 2. The third-order valence-corrected chi connectivity index (χ3v) is 4.85. The zero-order valence-electron chi connectivity index (χ0n) is 14.4. The highest BCUT2D eigenvalue weighted by Gasteiger charge is 2.34. The first-order chi connectivity index (χ1) is 12.8. The topological polar surface area (TPSA) is 68.2 Å². The molecule has 0 aliphatic carbocycles. The highest BCUT2D eigenvalue weighted by Crippen LogP contribution is 2.37. The predicted molar refractivity (Wildman–Crippen MR) is 96.8 cm³/mol. The Morgan fingerprint density at radius 3 is 2.62 bits per heavy atom. The predicted octanol–water partition coefficient (Wildman–Crippen LogP) is 4.08. The van der Waals surface area contributed by atoms with E-state index in [2.05, 4.69) is 44.3 Å². The number of aromatic nitrogens is 3. The van der Waals surface area contributed by atoms with Crippen LogP contribution >= 0.6 is 0 Å². The van der Waals surface area contributed by atoms with Gasteiger partial charge in [-0.2, -0.15) is 4.98 Å². The van der Waals surface area contributed by atoms with Crippen LogP contribution in [0, 0.1) is 0 Å². The zero-order valence-corrected chi connectivity index (χ0v) is 14.4. The number of nitrogens with zero attached hydrogens (tertiary/aromatic N) is 4. The van der Waals surface area contributed by atoms with Crippen LogP contribution in [0.2, 0.25) is 0 Å². The van der Waals surface area contributed by atoms with Crippen LogP contribution < -0.4 is 4.90 Å². The third kappa shape index (κ3) is 2.45. The van der Waals surface area contributed by atoms with E-state index in [1.165, 1.54) is 11.1 Å². The second-order valence-electron chi connectivity index (χ2n) is 6.47. The molecular weight excluding hydrogens is 328 g/mol. The van der Waals surface area contributed by atoms with Crippen molar-refractivity contribution in [3.8, 4) is 0 Å². The second kappa shape index (κ2) is 5.98. The maximum Gasteiger partial charge on any atom is 0.299 e. The summed E-state index contributed by atoms with van der Waals surface area (Å²) in [5.74, 6) is 1.26. The highest BCUT2D eigenvalue weighted by atomic mass is 16.4. The van der Waals surface area contributed by atoms with Gasteiger partial charge in [0.1, 0.15) is 11.6 Å². The van der Waals surface area contributed by atoms with Crippen LogP contribution in [0.25, 0.3) is 11.1 Å². The molecule has 0 saturated carbocycles. The third-order valence-electron chi connectivity index (χ3n) is 4.85. The average molecular weight is 346 g/mol. The lowest BCUT2D eigenvalue weighted by Gasteiger charge is -2.33. The molecule has 2 aromatic carbocycles. The second-order valence-corrected chi connectivity index (χ2v) is 6.47. The van der Waals surface area contributed by atoms with E-state index in [1.54, 1.807) is 0 Å². The van der Waals surface area contributed by atoms with E-state index in [0.29, 0.717) is 24.3 Å². The summed E-state index contributed by atoms with van der Waals surface area (Å²) in [5, 5.41) is 8.43. The summed E-state index contributed by atoms with van der Waals surface area (Å²) in [6.07, 6.45) is 1.50. The molecular formula is C20H18N4O2. The number of rotatable bonds is 3. The van der Waals surface area contributed by atoms with Crippen LogP contribution in [0.15, 0.2) is 57.4 Å². The van der Waals surface area contributed by atoms with Crippen molar-refractivity contribution in [3.05, 3.63) is 71.4 Å². The van der Waals surface area contributed by atoms with Crippen LogP contribution in [0.5, 0.6) is 0 Å². The van der Waals surface area contributed by atoms with Crippen molar-refractivity contribution < 1.29 is 8.83 Å². The van der Waals surface area contributed by atoms with Gasteiger partial charge in [0.2, 0.25) is 11.8 Å². The van der Waals surface area contributed by atoms with E-state index < -0.39 is 0 Å². The van der Waals surface area contributed by atoms with Crippen LogP contribution in [0.3, 0.4) is 0 Å². The van der Waals surface area contributed by atoms with Crippen LogP contribution in [-0.4, -0.2) is 15.2 Å². The number of hydrogen-bond donors (Lipinski definition) is 0. The molecule has 0 bridgehead atoms. The molecule has 5 rings (SSSR count). The number of oxazole rings is 1. The van der Waals surface area contributed by atoms with Gasteiger partial charge in [-0.3, -0.25) is 0 Å². The van der Waals surface area contributed by atoms with Gasteiger partial charge in [0.25, 0.3) is 6.01 Å². The minimum Gasteiger partial charge on any atom is -0.423 e. The summed E-state index contributed by atoms with van der Waals surface area (Å²) >= 11 is 0. The van der Waals surface area contributed by atoms with E-state index in [4.69, 9.17) is 8.83 Å². The molecule has 1 unspecified atom stereocenters. The van der Waals surface area contributed by atoms with Gasteiger partial charge in [0.15, 0.2) is 5.58 Å². The normalized spacial score (nSPS) is 16.8. The molecule has 0 spiro atoms. The molecule has 26 heavy (non-hydrogen) atoms. The number of anilines is 1. The first-order valence-electron chi connectivity index (χ1n) is 8.83. The van der Waals surface area contributed by atoms with Gasteiger partial charge in [-0.1, -0.05) is 43.3 Å². The first kappa shape index (κ1) is 15.1. The Morgan fingerprint density at radius 1 is 1.00 bits per heavy atom. The zero-order chi connectivity index (χ0) is 17.5. The van der Waals surface area contributed by atoms with Gasteiger partial charge in [0, 0.05) is 19.4 Å². The van der Waals surface area contributed by atoms with Gasteiger partial charge in [-0.05, 0) is 23.3 Å². The molecule has 0 fully saturated rings. The number of aryl methyl sites for hydroxylation is 1. The van der Waals surface area contributed by atoms with Crippen molar-refractivity contribution in [1.29, 1.82) is 0 Å². The quantitative estimate of drug-likeness (QED) is 0.557. The Bertz CT molecular complexity index is 1040. The Balaban J connectivity index is 1.61. The van der Waals surface area contributed by atoms with E-state index in [-0.39, 0.29) is 6.04 Å². The minimum atomic E-state index is -0.0919. The van der Waals surface area contributed by atoms with Crippen molar-refractivity contribution in [1.82, 2.24) is 15.2 Å². The van der Waals surface area contributed by atoms with Crippen molar-refractivity contribution >= 4 is 17.1 Å². The number of benzene rings is 2. The molecule has 1 atom stereocenters. The number of para-hydroxylation sites is 2. The largest absolute Gasteiger partial charge is 0.423 e. The fourth-order valence-corrected chi connectivity index (χ4v) is 3.47. The molecule has 130 valence electrons. The van der Waals surface area contributed by atoms with Gasteiger partial charge in [0.05, 0.1) is 0 Å². The lowest BCUT2D eigenvalue weighted by atomic mass is 9.94. The van der Waals surface area contributed by atoms with Crippen LogP contribution in [0.1, 0.15) is 35.9 Å². The first-order valence-corrected chi connectivity index (χ1v) is 8.83. The summed E-state index contributed by atoms with van der Waals surface area (Å²) in [6.45, 7) is 2.70. The average Bonchev–Trinajstić information content (AvgIpc) is 3.33. The maximum atomic E-state index is 6.03. The molecule has 0 N–H and O–H groups in total.